The molecule has 3 atom stereocenters. The van der Waals surface area contributed by atoms with Gasteiger partial charge >= 0.3 is 0 Å². The first kappa shape index (κ1) is 13.0. The van der Waals surface area contributed by atoms with Gasteiger partial charge in [0.15, 0.2) is 5.65 Å². The standard InChI is InChI=1S/C12H15N5O3/c1-2-12(5-18)8(19)3-9(20-12)17-6-15-7-4-14-11(13)16-10(7)17/h2,4,6,8-9,18-19H,1,3,5H2,(H2,13,14,16)/t8-,9+,12+/m0/s1. The molecule has 1 aliphatic rings. The third-order valence-corrected chi connectivity index (χ3v) is 3.58. The van der Waals surface area contributed by atoms with E-state index >= 15 is 0 Å². The molecule has 0 spiro atoms. The summed E-state index contributed by atoms with van der Waals surface area (Å²) in [5.74, 6) is 0.134. The third kappa shape index (κ3) is 1.77. The number of imidazole rings is 1. The van der Waals surface area contributed by atoms with E-state index in [1.807, 2.05) is 0 Å². The molecule has 0 unspecified atom stereocenters. The van der Waals surface area contributed by atoms with Crippen LogP contribution in [0.1, 0.15) is 12.6 Å². The molecule has 4 N–H and O–H groups in total. The average molecular weight is 277 g/mol. The van der Waals surface area contributed by atoms with Crippen LogP contribution >= 0.6 is 0 Å². The molecule has 1 aliphatic heterocycles. The summed E-state index contributed by atoms with van der Waals surface area (Å²) in [7, 11) is 0. The SMILES string of the molecule is C=C[C@]1(CO)O[C@@H](n2cnc3cnc(N)nc32)C[C@@H]1O. The zero-order valence-electron chi connectivity index (χ0n) is 10.7. The van der Waals surface area contributed by atoms with Gasteiger partial charge in [0.1, 0.15) is 17.3 Å². The highest BCUT2D eigenvalue weighted by Gasteiger charge is 2.46. The van der Waals surface area contributed by atoms with E-state index in [2.05, 4.69) is 21.5 Å². The number of aromatic nitrogens is 4. The van der Waals surface area contributed by atoms with Gasteiger partial charge in [-0.25, -0.2) is 9.97 Å². The minimum atomic E-state index is -1.17. The first-order valence-electron chi connectivity index (χ1n) is 6.15. The van der Waals surface area contributed by atoms with E-state index in [1.165, 1.54) is 12.3 Å². The Balaban J connectivity index is 2.01. The van der Waals surface area contributed by atoms with Crippen LogP contribution in [0.15, 0.2) is 25.2 Å². The van der Waals surface area contributed by atoms with Gasteiger partial charge in [-0.15, -0.1) is 6.58 Å². The molecule has 2 aromatic heterocycles. The lowest BCUT2D eigenvalue weighted by atomic mass is 9.98. The second-order valence-corrected chi connectivity index (χ2v) is 4.73. The van der Waals surface area contributed by atoms with Gasteiger partial charge in [0, 0.05) is 6.42 Å². The summed E-state index contributed by atoms with van der Waals surface area (Å²) in [4.78, 5) is 12.2. The molecule has 0 aliphatic carbocycles. The predicted molar refractivity (Wildman–Crippen MR) is 70.5 cm³/mol. The van der Waals surface area contributed by atoms with Crippen molar-refractivity contribution < 1.29 is 14.9 Å². The van der Waals surface area contributed by atoms with Crippen molar-refractivity contribution >= 4 is 17.1 Å². The summed E-state index contributed by atoms with van der Waals surface area (Å²) in [6.07, 6.45) is 3.42. The molecule has 8 nitrogen and oxygen atoms in total. The van der Waals surface area contributed by atoms with Gasteiger partial charge in [-0.3, -0.25) is 4.57 Å². The number of nitrogens with two attached hydrogens (primary N) is 1. The second kappa shape index (κ2) is 4.51. The van der Waals surface area contributed by atoms with E-state index in [0.717, 1.165) is 0 Å². The Morgan fingerprint density at radius 2 is 2.40 bits per heavy atom. The van der Waals surface area contributed by atoms with Crippen molar-refractivity contribution in [2.24, 2.45) is 0 Å². The van der Waals surface area contributed by atoms with Gasteiger partial charge in [0.25, 0.3) is 0 Å². The first-order chi connectivity index (χ1) is 9.59. The molecule has 2 aromatic rings. The Morgan fingerprint density at radius 1 is 1.60 bits per heavy atom. The largest absolute Gasteiger partial charge is 0.393 e. The molecule has 3 heterocycles. The Bertz CT molecular complexity index is 658. The zero-order chi connectivity index (χ0) is 14.3. The number of anilines is 1. The lowest BCUT2D eigenvalue weighted by molar-refractivity contribution is -0.0953. The average Bonchev–Trinajstić information content (AvgIpc) is 2.99. The van der Waals surface area contributed by atoms with Crippen LogP contribution in [0.3, 0.4) is 0 Å². The minimum absolute atomic E-state index is 0.134. The van der Waals surface area contributed by atoms with Crippen LogP contribution < -0.4 is 5.73 Å². The molecule has 8 heteroatoms. The molecule has 0 radical (unpaired) electrons. The highest BCUT2D eigenvalue weighted by atomic mass is 16.6. The molecule has 20 heavy (non-hydrogen) atoms. The van der Waals surface area contributed by atoms with E-state index in [9.17, 15) is 10.2 Å². The molecule has 0 aromatic carbocycles. The molecular weight excluding hydrogens is 262 g/mol. The summed E-state index contributed by atoms with van der Waals surface area (Å²) in [5, 5.41) is 19.5. The number of fused-ring (bicyclic) bond motifs is 1. The molecule has 3 rings (SSSR count). The van der Waals surface area contributed by atoms with Crippen LogP contribution in [0.25, 0.3) is 11.2 Å². The number of aliphatic hydroxyl groups excluding tert-OH is 2. The van der Waals surface area contributed by atoms with Crippen molar-refractivity contribution in [2.45, 2.75) is 24.4 Å². The van der Waals surface area contributed by atoms with E-state index in [1.54, 1.807) is 10.9 Å². The molecule has 1 saturated heterocycles. The number of hydrogen-bond acceptors (Lipinski definition) is 7. The summed E-state index contributed by atoms with van der Waals surface area (Å²) in [6, 6.07) is 0. The number of ether oxygens (including phenoxy) is 1. The highest BCUT2D eigenvalue weighted by molar-refractivity contribution is 5.70. The maximum atomic E-state index is 10.1. The normalized spacial score (nSPS) is 29.9. The third-order valence-electron chi connectivity index (χ3n) is 3.58. The van der Waals surface area contributed by atoms with Crippen LogP contribution in [-0.4, -0.2) is 48.0 Å². The molecular formula is C12H15N5O3. The van der Waals surface area contributed by atoms with E-state index in [0.29, 0.717) is 17.6 Å². The fourth-order valence-corrected chi connectivity index (χ4v) is 2.38. The Hall–Kier alpha value is -2.03. The lowest BCUT2D eigenvalue weighted by Gasteiger charge is -2.26. The lowest BCUT2D eigenvalue weighted by Crippen LogP contribution is -2.40. The summed E-state index contributed by atoms with van der Waals surface area (Å²) < 4.78 is 7.42. The molecule has 0 bridgehead atoms. The molecule has 0 saturated carbocycles. The van der Waals surface area contributed by atoms with Crippen LogP contribution in [0.2, 0.25) is 0 Å². The summed E-state index contributed by atoms with van der Waals surface area (Å²) >= 11 is 0. The molecule has 1 fully saturated rings. The number of nitrogen functional groups attached to an aromatic ring is 1. The maximum absolute atomic E-state index is 10.1. The van der Waals surface area contributed by atoms with Gasteiger partial charge in [0.05, 0.1) is 25.2 Å². The van der Waals surface area contributed by atoms with Crippen molar-refractivity contribution in [1.29, 1.82) is 0 Å². The van der Waals surface area contributed by atoms with Gasteiger partial charge in [0.2, 0.25) is 5.95 Å². The van der Waals surface area contributed by atoms with Crippen LogP contribution in [0.4, 0.5) is 5.95 Å². The van der Waals surface area contributed by atoms with Crippen molar-refractivity contribution in [3.8, 4) is 0 Å². The monoisotopic (exact) mass is 277 g/mol. The topological polar surface area (TPSA) is 119 Å². The van der Waals surface area contributed by atoms with Crippen molar-refractivity contribution in [2.75, 3.05) is 12.3 Å². The first-order valence-corrected chi connectivity index (χ1v) is 6.15. The molecule has 0 amide bonds. The Labute approximate surface area is 114 Å². The Kier molecular flexibility index (Phi) is 2.93. The van der Waals surface area contributed by atoms with Crippen LogP contribution in [-0.2, 0) is 4.74 Å². The fourth-order valence-electron chi connectivity index (χ4n) is 2.38. The zero-order valence-corrected chi connectivity index (χ0v) is 10.7. The van der Waals surface area contributed by atoms with Gasteiger partial charge in [-0.05, 0) is 0 Å². The van der Waals surface area contributed by atoms with Crippen LogP contribution in [0, 0.1) is 0 Å². The number of rotatable bonds is 3. The van der Waals surface area contributed by atoms with Gasteiger partial charge in [-0.2, -0.15) is 4.98 Å². The summed E-state index contributed by atoms with van der Waals surface area (Å²) in [5.41, 5.74) is 5.51. The van der Waals surface area contributed by atoms with Crippen molar-refractivity contribution in [3.63, 3.8) is 0 Å². The maximum Gasteiger partial charge on any atom is 0.222 e. The van der Waals surface area contributed by atoms with E-state index in [4.69, 9.17) is 10.5 Å². The van der Waals surface area contributed by atoms with E-state index in [-0.39, 0.29) is 12.6 Å². The quantitative estimate of drug-likeness (QED) is 0.653. The summed E-state index contributed by atoms with van der Waals surface area (Å²) in [6.45, 7) is 3.26. The minimum Gasteiger partial charge on any atom is -0.393 e. The van der Waals surface area contributed by atoms with Crippen molar-refractivity contribution in [3.05, 3.63) is 25.2 Å². The smallest absolute Gasteiger partial charge is 0.222 e. The van der Waals surface area contributed by atoms with Gasteiger partial charge in [-0.1, -0.05) is 6.08 Å². The predicted octanol–water partition coefficient (Wildman–Crippen LogP) is -0.395. The fraction of sp³-hybridized carbons (Fsp3) is 0.417. The number of hydrogen-bond donors (Lipinski definition) is 3. The van der Waals surface area contributed by atoms with Crippen molar-refractivity contribution in [1.82, 2.24) is 19.5 Å². The Morgan fingerprint density at radius 3 is 3.05 bits per heavy atom. The number of aliphatic hydroxyl groups is 2. The molecule has 106 valence electrons. The van der Waals surface area contributed by atoms with Gasteiger partial charge < -0.3 is 20.7 Å². The second-order valence-electron chi connectivity index (χ2n) is 4.73. The van der Waals surface area contributed by atoms with E-state index < -0.39 is 17.9 Å². The number of nitrogens with zero attached hydrogens (tertiary/aromatic N) is 4. The van der Waals surface area contributed by atoms with Crippen LogP contribution in [0.5, 0.6) is 0 Å². The highest BCUT2D eigenvalue weighted by Crippen LogP contribution is 2.38.